The average molecular weight is 303 g/mol. The summed E-state index contributed by atoms with van der Waals surface area (Å²) in [5.74, 6) is 0.318. The molecule has 0 aromatic carbocycles. The minimum atomic E-state index is 0.318. The van der Waals surface area contributed by atoms with Gasteiger partial charge in [0.2, 0.25) is 0 Å². The second-order valence-corrected chi connectivity index (χ2v) is 5.94. The Morgan fingerprint density at radius 1 is 1.62 bits per heavy atom. The molecule has 4 heteroatoms. The molecule has 1 saturated heterocycles. The molecule has 1 aromatic rings. The van der Waals surface area contributed by atoms with Crippen molar-refractivity contribution >= 4 is 33.0 Å². The van der Waals surface area contributed by atoms with E-state index < -0.39 is 0 Å². The molecule has 0 saturated carbocycles. The Hall–Kier alpha value is -0.190. The number of carbonyl (C=O) groups is 1. The fourth-order valence-electron chi connectivity index (χ4n) is 1.91. The maximum atomic E-state index is 11.7. The normalized spacial score (nSPS) is 20.2. The highest BCUT2D eigenvalue weighted by atomic mass is 79.9. The molecule has 1 fully saturated rings. The van der Waals surface area contributed by atoms with Crippen LogP contribution in [0, 0.1) is 0 Å². The van der Waals surface area contributed by atoms with Crippen molar-refractivity contribution in [3.8, 4) is 0 Å². The lowest BCUT2D eigenvalue weighted by Gasteiger charge is -2.07. The summed E-state index contributed by atoms with van der Waals surface area (Å²) < 4.78 is 6.56. The van der Waals surface area contributed by atoms with E-state index in [4.69, 9.17) is 4.74 Å². The van der Waals surface area contributed by atoms with Gasteiger partial charge in [0, 0.05) is 28.8 Å². The highest BCUT2D eigenvalue weighted by Gasteiger charge is 2.17. The van der Waals surface area contributed by atoms with Crippen molar-refractivity contribution < 1.29 is 9.53 Å². The molecule has 0 amide bonds. The van der Waals surface area contributed by atoms with Gasteiger partial charge in [-0.2, -0.15) is 0 Å². The van der Waals surface area contributed by atoms with E-state index in [0.717, 1.165) is 35.2 Å². The smallest absolute Gasteiger partial charge is 0.138 e. The Morgan fingerprint density at radius 2 is 2.50 bits per heavy atom. The van der Waals surface area contributed by atoms with Crippen molar-refractivity contribution in [1.82, 2.24) is 0 Å². The molecule has 0 radical (unpaired) electrons. The molecule has 1 aromatic heterocycles. The van der Waals surface area contributed by atoms with Crippen LogP contribution in [0.25, 0.3) is 0 Å². The van der Waals surface area contributed by atoms with E-state index in [2.05, 4.69) is 15.9 Å². The third kappa shape index (κ3) is 3.40. The quantitative estimate of drug-likeness (QED) is 0.831. The van der Waals surface area contributed by atoms with Gasteiger partial charge in [0.25, 0.3) is 0 Å². The number of hydrogen-bond donors (Lipinski definition) is 0. The number of Topliss-reactive ketones (excluding diaryl/α,β-unsaturated/α-hetero) is 1. The Morgan fingerprint density at radius 3 is 3.12 bits per heavy atom. The zero-order chi connectivity index (χ0) is 11.4. The van der Waals surface area contributed by atoms with Gasteiger partial charge in [-0.1, -0.05) is 0 Å². The molecule has 2 nitrogen and oxygen atoms in total. The molecule has 0 N–H and O–H groups in total. The molecular formula is C12H15BrO2S. The third-order valence-electron chi connectivity index (χ3n) is 2.82. The minimum Gasteiger partial charge on any atom is -0.378 e. The molecule has 0 aliphatic carbocycles. The van der Waals surface area contributed by atoms with Gasteiger partial charge in [-0.3, -0.25) is 4.79 Å². The van der Waals surface area contributed by atoms with Gasteiger partial charge in [-0.05, 0) is 46.6 Å². The first-order valence-corrected chi connectivity index (χ1v) is 7.28. The lowest BCUT2D eigenvalue weighted by molar-refractivity contribution is -0.119. The molecule has 1 aliphatic rings. The van der Waals surface area contributed by atoms with E-state index >= 15 is 0 Å². The van der Waals surface area contributed by atoms with Crippen LogP contribution < -0.4 is 0 Å². The zero-order valence-electron chi connectivity index (χ0n) is 9.08. The topological polar surface area (TPSA) is 26.3 Å². The van der Waals surface area contributed by atoms with Gasteiger partial charge in [0.05, 0.1) is 6.10 Å². The van der Waals surface area contributed by atoms with E-state index in [1.165, 1.54) is 0 Å². The van der Waals surface area contributed by atoms with Crippen LogP contribution in [0.4, 0.5) is 0 Å². The Labute approximate surface area is 108 Å². The summed E-state index contributed by atoms with van der Waals surface area (Å²) in [6, 6.07) is 1.99. The van der Waals surface area contributed by atoms with E-state index in [0.29, 0.717) is 24.7 Å². The van der Waals surface area contributed by atoms with Crippen LogP contribution in [0.3, 0.4) is 0 Å². The van der Waals surface area contributed by atoms with Crippen molar-refractivity contribution in [1.29, 1.82) is 0 Å². The number of ether oxygens (including phenoxy) is 1. The second kappa shape index (κ2) is 5.94. The number of halogens is 1. The number of rotatable bonds is 5. The van der Waals surface area contributed by atoms with Crippen molar-refractivity contribution in [2.45, 2.75) is 38.2 Å². The highest BCUT2D eigenvalue weighted by molar-refractivity contribution is 9.10. The Balaban J connectivity index is 1.74. The number of thiophene rings is 1. The van der Waals surface area contributed by atoms with E-state index in [1.807, 2.05) is 11.4 Å². The summed E-state index contributed by atoms with van der Waals surface area (Å²) in [6.07, 6.45) is 4.70. The lowest BCUT2D eigenvalue weighted by Crippen LogP contribution is -2.09. The van der Waals surface area contributed by atoms with Crippen LogP contribution in [0.15, 0.2) is 15.9 Å². The zero-order valence-corrected chi connectivity index (χ0v) is 11.5. The molecule has 1 unspecified atom stereocenters. The van der Waals surface area contributed by atoms with Gasteiger partial charge in [0.1, 0.15) is 5.78 Å². The molecule has 2 rings (SSSR count). The highest BCUT2D eigenvalue weighted by Crippen LogP contribution is 2.24. The van der Waals surface area contributed by atoms with Crippen molar-refractivity contribution in [2.24, 2.45) is 0 Å². The molecule has 88 valence electrons. The van der Waals surface area contributed by atoms with Crippen LogP contribution in [0.1, 0.15) is 30.6 Å². The first kappa shape index (κ1) is 12.3. The summed E-state index contributed by atoms with van der Waals surface area (Å²) in [6.45, 7) is 0.870. The monoisotopic (exact) mass is 302 g/mol. The van der Waals surface area contributed by atoms with Crippen LogP contribution in [-0.4, -0.2) is 18.5 Å². The fraction of sp³-hybridized carbons (Fsp3) is 0.583. The molecule has 1 aliphatic heterocycles. The fourth-order valence-corrected chi connectivity index (χ4v) is 3.43. The first-order chi connectivity index (χ1) is 7.75. The summed E-state index contributed by atoms with van der Waals surface area (Å²) in [7, 11) is 0. The van der Waals surface area contributed by atoms with Crippen LogP contribution >= 0.6 is 27.3 Å². The maximum Gasteiger partial charge on any atom is 0.138 e. The van der Waals surface area contributed by atoms with Crippen LogP contribution in [0.2, 0.25) is 0 Å². The maximum absolute atomic E-state index is 11.7. The molecule has 16 heavy (non-hydrogen) atoms. The summed E-state index contributed by atoms with van der Waals surface area (Å²) in [5.41, 5.74) is 0. The van der Waals surface area contributed by atoms with Gasteiger partial charge in [0.15, 0.2) is 0 Å². The predicted molar refractivity (Wildman–Crippen MR) is 68.9 cm³/mol. The Kier molecular flexibility index (Phi) is 4.55. The van der Waals surface area contributed by atoms with Gasteiger partial charge >= 0.3 is 0 Å². The molecule has 0 spiro atoms. The number of hydrogen-bond acceptors (Lipinski definition) is 3. The van der Waals surface area contributed by atoms with Crippen molar-refractivity contribution in [3.63, 3.8) is 0 Å². The predicted octanol–water partition coefficient (Wildman–Crippen LogP) is 3.58. The average Bonchev–Trinajstić information content (AvgIpc) is 2.88. The molecule has 0 bridgehead atoms. The van der Waals surface area contributed by atoms with Crippen LogP contribution in [0.5, 0.6) is 0 Å². The van der Waals surface area contributed by atoms with E-state index in [-0.39, 0.29) is 0 Å². The second-order valence-electron chi connectivity index (χ2n) is 4.08. The molecule has 1 atom stereocenters. The standard InChI is InChI=1S/C12H15BrO2S/c13-11-5-7-16-12(11)8-9(14)3-4-10-2-1-6-15-10/h5,7,10H,1-4,6,8H2. The van der Waals surface area contributed by atoms with E-state index in [9.17, 15) is 4.79 Å². The summed E-state index contributed by atoms with van der Waals surface area (Å²) in [5, 5.41) is 2.01. The number of ketones is 1. The summed E-state index contributed by atoms with van der Waals surface area (Å²) >= 11 is 5.08. The lowest BCUT2D eigenvalue weighted by atomic mass is 10.1. The van der Waals surface area contributed by atoms with Crippen LogP contribution in [-0.2, 0) is 16.0 Å². The molecule has 2 heterocycles. The van der Waals surface area contributed by atoms with Gasteiger partial charge in [-0.15, -0.1) is 11.3 Å². The first-order valence-electron chi connectivity index (χ1n) is 5.61. The van der Waals surface area contributed by atoms with E-state index in [1.54, 1.807) is 11.3 Å². The van der Waals surface area contributed by atoms with Crippen molar-refractivity contribution in [3.05, 3.63) is 20.8 Å². The number of carbonyl (C=O) groups excluding carboxylic acids is 1. The third-order valence-corrected chi connectivity index (χ3v) is 4.74. The molecular weight excluding hydrogens is 288 g/mol. The largest absolute Gasteiger partial charge is 0.378 e. The van der Waals surface area contributed by atoms with Crippen molar-refractivity contribution in [2.75, 3.05) is 6.61 Å². The summed E-state index contributed by atoms with van der Waals surface area (Å²) in [4.78, 5) is 12.9. The minimum absolute atomic E-state index is 0.318. The van der Waals surface area contributed by atoms with Gasteiger partial charge < -0.3 is 4.74 Å². The Bertz CT molecular complexity index is 356. The SMILES string of the molecule is O=C(CCC1CCCO1)Cc1sccc1Br. The van der Waals surface area contributed by atoms with Gasteiger partial charge in [-0.25, -0.2) is 0 Å².